The second kappa shape index (κ2) is 24.3. The van der Waals surface area contributed by atoms with E-state index in [0.717, 1.165) is 0 Å². The van der Waals surface area contributed by atoms with Crippen molar-refractivity contribution < 1.29 is 0 Å². The van der Waals surface area contributed by atoms with Crippen molar-refractivity contribution in [2.24, 2.45) is 5.25 Å². The summed E-state index contributed by atoms with van der Waals surface area (Å²) in [4.78, 5) is 0. The zero-order valence-corrected chi connectivity index (χ0v) is 15.0. The molecule has 0 fully saturated rings. The average molecular weight is 306 g/mol. The van der Waals surface area contributed by atoms with E-state index < -0.39 is 0 Å². The van der Waals surface area contributed by atoms with Crippen molar-refractivity contribution in [2.45, 2.75) is 117 Å². The van der Waals surface area contributed by atoms with Gasteiger partial charge in [0.2, 0.25) is 0 Å². The molecule has 0 amide bonds. The molecule has 124 valence electrons. The fourth-order valence-corrected chi connectivity index (χ4v) is 2.62. The van der Waals surface area contributed by atoms with Crippen LogP contribution in [0, 0.1) is 0 Å². The summed E-state index contributed by atoms with van der Waals surface area (Å²) in [5, 5.41) is 3.97. The van der Waals surface area contributed by atoms with Gasteiger partial charge in [0.05, 0.1) is 0 Å². The van der Waals surface area contributed by atoms with E-state index in [2.05, 4.69) is 30.9 Å². The maximum Gasteiger partial charge on any atom is -0.0285 e. The van der Waals surface area contributed by atoms with E-state index >= 15 is 0 Å². The van der Waals surface area contributed by atoms with Crippen LogP contribution in [0.4, 0.5) is 0 Å². The molecule has 0 saturated heterocycles. The van der Waals surface area contributed by atoms with Gasteiger partial charge in [-0.15, -0.1) is 0 Å². The van der Waals surface area contributed by atoms with Crippen LogP contribution >= 0.6 is 11.8 Å². The summed E-state index contributed by atoms with van der Waals surface area (Å²) < 4.78 is 0. The van der Waals surface area contributed by atoms with Gasteiger partial charge in [-0.1, -0.05) is 117 Å². The van der Waals surface area contributed by atoms with Gasteiger partial charge in [-0.05, 0) is 11.8 Å². The first-order valence-corrected chi connectivity index (χ1v) is 9.57. The molecular formula is C18H40ClN. The van der Waals surface area contributed by atoms with Crippen LogP contribution in [0.3, 0.4) is 0 Å². The Kier molecular flexibility index (Phi) is 27.4. The number of hydrogen-bond acceptors (Lipinski definition) is 1. The predicted octanol–water partition coefficient (Wildman–Crippen LogP) is 7.37. The molecule has 1 nitrogen and oxygen atoms in total. The highest BCUT2D eigenvalue weighted by Crippen LogP contribution is 2.13. The smallest absolute Gasteiger partial charge is 0.0285 e. The van der Waals surface area contributed by atoms with Crippen molar-refractivity contribution in [3.05, 3.63) is 0 Å². The lowest BCUT2D eigenvalue weighted by Gasteiger charge is -2.03. The normalized spacial score (nSPS) is 10.2. The van der Waals surface area contributed by atoms with Crippen molar-refractivity contribution >= 4 is 11.8 Å². The Bertz CT molecular complexity index is 123. The highest BCUT2D eigenvalue weighted by atomic mass is 35.5. The SMILES string of the molecule is CCCCCCCCCCCCCCCCCC.NCl. The molecule has 0 aliphatic heterocycles. The molecule has 0 aromatic carbocycles. The van der Waals surface area contributed by atoms with Gasteiger partial charge in [0.25, 0.3) is 0 Å². The first-order chi connectivity index (χ1) is 9.91. The Morgan fingerprint density at radius 2 is 0.550 bits per heavy atom. The largest absolute Gasteiger partial charge is 0.247 e. The van der Waals surface area contributed by atoms with E-state index in [9.17, 15) is 0 Å². The second-order valence-electron chi connectivity index (χ2n) is 5.95. The van der Waals surface area contributed by atoms with Gasteiger partial charge >= 0.3 is 0 Å². The van der Waals surface area contributed by atoms with Gasteiger partial charge in [0, 0.05) is 0 Å². The quantitative estimate of drug-likeness (QED) is 0.248. The Hall–Kier alpha value is 0.250. The summed E-state index contributed by atoms with van der Waals surface area (Å²) in [6.07, 6.45) is 23.4. The van der Waals surface area contributed by atoms with Crippen LogP contribution in [0.5, 0.6) is 0 Å². The molecule has 0 bridgehead atoms. The van der Waals surface area contributed by atoms with Crippen LogP contribution in [0.25, 0.3) is 0 Å². The molecule has 0 spiro atoms. The summed E-state index contributed by atoms with van der Waals surface area (Å²) in [6, 6.07) is 0. The van der Waals surface area contributed by atoms with Gasteiger partial charge in [-0.2, -0.15) is 0 Å². The number of unbranched alkanes of at least 4 members (excludes halogenated alkanes) is 15. The fraction of sp³-hybridized carbons (Fsp3) is 1.00. The van der Waals surface area contributed by atoms with Crippen molar-refractivity contribution in [2.75, 3.05) is 0 Å². The summed E-state index contributed by atoms with van der Waals surface area (Å²) in [6.45, 7) is 4.59. The zero-order valence-electron chi connectivity index (χ0n) is 14.3. The lowest BCUT2D eigenvalue weighted by molar-refractivity contribution is 0.531. The molecule has 0 aromatic rings. The molecule has 20 heavy (non-hydrogen) atoms. The van der Waals surface area contributed by atoms with Crippen molar-refractivity contribution in [1.82, 2.24) is 0 Å². The van der Waals surface area contributed by atoms with Gasteiger partial charge in [-0.3, -0.25) is 0 Å². The molecule has 2 heteroatoms. The zero-order chi connectivity index (χ0) is 15.3. The van der Waals surface area contributed by atoms with E-state index in [-0.39, 0.29) is 0 Å². The maximum atomic E-state index is 4.14. The minimum absolute atomic E-state index is 1.37. The van der Waals surface area contributed by atoms with Gasteiger partial charge in [0.1, 0.15) is 0 Å². The van der Waals surface area contributed by atoms with E-state index in [4.69, 9.17) is 0 Å². The first kappa shape index (κ1) is 22.5. The molecule has 0 aromatic heterocycles. The molecule has 0 rings (SSSR count). The molecule has 0 heterocycles. The maximum absolute atomic E-state index is 4.14. The molecule has 0 aliphatic rings. The Morgan fingerprint density at radius 1 is 0.400 bits per heavy atom. The Labute approximate surface area is 134 Å². The lowest BCUT2D eigenvalue weighted by atomic mass is 10.0. The van der Waals surface area contributed by atoms with E-state index in [0.29, 0.717) is 0 Å². The molecule has 0 aliphatic carbocycles. The van der Waals surface area contributed by atoms with Crippen molar-refractivity contribution in [3.63, 3.8) is 0 Å². The monoisotopic (exact) mass is 305 g/mol. The number of halogens is 1. The van der Waals surface area contributed by atoms with Crippen LogP contribution < -0.4 is 5.25 Å². The van der Waals surface area contributed by atoms with Crippen LogP contribution in [-0.2, 0) is 0 Å². The molecule has 0 atom stereocenters. The highest BCUT2D eigenvalue weighted by Gasteiger charge is 1.93. The van der Waals surface area contributed by atoms with E-state index in [1.807, 2.05) is 0 Å². The van der Waals surface area contributed by atoms with Crippen LogP contribution in [0.1, 0.15) is 117 Å². The third kappa shape index (κ3) is 23.4. The summed E-state index contributed by atoms with van der Waals surface area (Å²) >= 11 is 4.14. The topological polar surface area (TPSA) is 26.0 Å². The van der Waals surface area contributed by atoms with Gasteiger partial charge in [0.15, 0.2) is 0 Å². The molecule has 2 N–H and O–H groups in total. The highest BCUT2D eigenvalue weighted by molar-refractivity contribution is 6.11. The third-order valence-electron chi connectivity index (χ3n) is 3.96. The number of rotatable bonds is 15. The number of hydrogen-bond donors (Lipinski definition) is 1. The number of nitrogens with two attached hydrogens (primary N) is 1. The van der Waals surface area contributed by atoms with Crippen LogP contribution in [0.2, 0.25) is 0 Å². The first-order valence-electron chi connectivity index (χ1n) is 9.13. The molecular weight excluding hydrogens is 266 g/mol. The standard InChI is InChI=1S/C18H38.ClH2N/c1-3-5-7-9-11-13-15-17-18-16-14-12-10-8-6-4-2;1-2/h3-18H2,1-2H3;2H2. The van der Waals surface area contributed by atoms with Crippen LogP contribution in [-0.4, -0.2) is 0 Å². The summed E-state index contributed by atoms with van der Waals surface area (Å²) in [5.74, 6) is 0. The molecule has 0 unspecified atom stereocenters. The van der Waals surface area contributed by atoms with Crippen molar-refractivity contribution in [1.29, 1.82) is 0 Å². The van der Waals surface area contributed by atoms with E-state index in [1.54, 1.807) is 0 Å². The Morgan fingerprint density at radius 3 is 0.700 bits per heavy atom. The minimum Gasteiger partial charge on any atom is -0.247 e. The average Bonchev–Trinajstić information content (AvgIpc) is 2.50. The second-order valence-corrected chi connectivity index (χ2v) is 5.95. The molecule has 0 saturated carbocycles. The third-order valence-corrected chi connectivity index (χ3v) is 3.96. The molecule has 0 radical (unpaired) electrons. The van der Waals surface area contributed by atoms with E-state index in [1.165, 1.54) is 103 Å². The predicted molar refractivity (Wildman–Crippen MR) is 95.3 cm³/mol. The minimum atomic E-state index is 1.37. The lowest BCUT2D eigenvalue weighted by Crippen LogP contribution is -1.83. The fourth-order valence-electron chi connectivity index (χ4n) is 2.62. The summed E-state index contributed by atoms with van der Waals surface area (Å²) in [5.41, 5.74) is 0. The van der Waals surface area contributed by atoms with Crippen molar-refractivity contribution in [3.8, 4) is 0 Å². The van der Waals surface area contributed by atoms with Gasteiger partial charge < -0.3 is 0 Å². The van der Waals surface area contributed by atoms with Crippen LogP contribution in [0.15, 0.2) is 0 Å². The van der Waals surface area contributed by atoms with Gasteiger partial charge in [-0.25, -0.2) is 5.25 Å². The summed E-state index contributed by atoms with van der Waals surface area (Å²) in [7, 11) is 0. The Balaban J connectivity index is 0.